The standard InChI is InChI=1S/C12H15NO6S/c1-7-4-5-9(6-10(7)11(14)15)13-20(17,18)8(2)12(16)19-3/h4-6,8,13H,1-3H3,(H,14,15). The van der Waals surface area contributed by atoms with Crippen LogP contribution in [0.1, 0.15) is 22.8 Å². The van der Waals surface area contributed by atoms with E-state index >= 15 is 0 Å². The number of anilines is 1. The van der Waals surface area contributed by atoms with Crippen molar-refractivity contribution in [1.29, 1.82) is 0 Å². The van der Waals surface area contributed by atoms with Gasteiger partial charge in [-0.3, -0.25) is 9.52 Å². The van der Waals surface area contributed by atoms with Crippen molar-refractivity contribution in [1.82, 2.24) is 0 Å². The molecule has 1 aromatic carbocycles. The number of carbonyl (C=O) groups is 2. The predicted octanol–water partition coefficient (Wildman–Crippen LogP) is 0.996. The lowest BCUT2D eigenvalue weighted by Crippen LogP contribution is -2.33. The van der Waals surface area contributed by atoms with Crippen LogP contribution in [0.15, 0.2) is 18.2 Å². The Hall–Kier alpha value is -2.09. The zero-order valence-corrected chi connectivity index (χ0v) is 12.0. The molecule has 0 spiro atoms. The van der Waals surface area contributed by atoms with E-state index in [2.05, 4.69) is 9.46 Å². The average molecular weight is 301 g/mol. The molecule has 0 aliphatic rings. The molecule has 1 aromatic rings. The van der Waals surface area contributed by atoms with E-state index in [0.717, 1.165) is 7.11 Å². The minimum absolute atomic E-state index is 0.0177. The lowest BCUT2D eigenvalue weighted by Gasteiger charge is -2.13. The number of esters is 1. The van der Waals surface area contributed by atoms with Crippen LogP contribution in [0, 0.1) is 6.92 Å². The van der Waals surface area contributed by atoms with E-state index in [1.165, 1.54) is 25.1 Å². The summed E-state index contributed by atoms with van der Waals surface area (Å²) in [5, 5.41) is 7.57. The summed E-state index contributed by atoms with van der Waals surface area (Å²) in [5.41, 5.74) is 0.557. The molecule has 2 N–H and O–H groups in total. The smallest absolute Gasteiger partial charge is 0.336 e. The summed E-state index contributed by atoms with van der Waals surface area (Å²) in [6.07, 6.45) is 0. The second-order valence-electron chi connectivity index (χ2n) is 4.15. The van der Waals surface area contributed by atoms with Crippen LogP contribution in [0.25, 0.3) is 0 Å². The van der Waals surface area contributed by atoms with Crippen molar-refractivity contribution < 1.29 is 27.9 Å². The number of benzene rings is 1. The molecule has 1 unspecified atom stereocenters. The Balaban J connectivity index is 3.07. The van der Waals surface area contributed by atoms with Crippen LogP contribution in [0.2, 0.25) is 0 Å². The molecule has 0 aliphatic heterocycles. The van der Waals surface area contributed by atoms with Gasteiger partial charge in [0.1, 0.15) is 0 Å². The Kier molecular flexibility index (Phi) is 4.72. The van der Waals surface area contributed by atoms with Gasteiger partial charge in [-0.25, -0.2) is 13.2 Å². The monoisotopic (exact) mass is 301 g/mol. The third-order valence-corrected chi connectivity index (χ3v) is 4.37. The highest BCUT2D eigenvalue weighted by molar-refractivity contribution is 7.94. The van der Waals surface area contributed by atoms with Crippen molar-refractivity contribution in [3.8, 4) is 0 Å². The molecule has 20 heavy (non-hydrogen) atoms. The number of hydrogen-bond donors (Lipinski definition) is 2. The van der Waals surface area contributed by atoms with Gasteiger partial charge in [0.25, 0.3) is 0 Å². The van der Waals surface area contributed by atoms with Crippen molar-refractivity contribution in [2.24, 2.45) is 0 Å². The molecule has 0 aromatic heterocycles. The Morgan fingerprint density at radius 2 is 1.95 bits per heavy atom. The number of ether oxygens (including phenoxy) is 1. The van der Waals surface area contributed by atoms with Crippen LogP contribution in [0.5, 0.6) is 0 Å². The fraction of sp³-hybridized carbons (Fsp3) is 0.333. The molecule has 0 saturated heterocycles. The molecule has 0 radical (unpaired) electrons. The van der Waals surface area contributed by atoms with Gasteiger partial charge in [0.05, 0.1) is 12.7 Å². The summed E-state index contributed by atoms with van der Waals surface area (Å²) in [6.45, 7) is 2.78. The van der Waals surface area contributed by atoms with Gasteiger partial charge >= 0.3 is 11.9 Å². The number of carbonyl (C=O) groups excluding carboxylic acids is 1. The van der Waals surface area contributed by atoms with Gasteiger partial charge in [0.15, 0.2) is 5.25 Å². The summed E-state index contributed by atoms with van der Waals surface area (Å²) in [7, 11) is -2.91. The van der Waals surface area contributed by atoms with Crippen molar-refractivity contribution in [3.63, 3.8) is 0 Å². The highest BCUT2D eigenvalue weighted by atomic mass is 32.2. The number of aromatic carboxylic acids is 1. The largest absolute Gasteiger partial charge is 0.478 e. The van der Waals surface area contributed by atoms with Crippen molar-refractivity contribution in [3.05, 3.63) is 29.3 Å². The molecular weight excluding hydrogens is 286 g/mol. The molecule has 1 atom stereocenters. The lowest BCUT2D eigenvalue weighted by molar-refractivity contribution is -0.139. The van der Waals surface area contributed by atoms with Crippen LogP contribution in [0.3, 0.4) is 0 Å². The van der Waals surface area contributed by atoms with Crippen molar-refractivity contribution in [2.45, 2.75) is 19.1 Å². The van der Waals surface area contributed by atoms with Gasteiger partial charge < -0.3 is 9.84 Å². The van der Waals surface area contributed by atoms with Crippen LogP contribution in [0.4, 0.5) is 5.69 Å². The van der Waals surface area contributed by atoms with Gasteiger partial charge in [-0.1, -0.05) is 6.07 Å². The normalized spacial score (nSPS) is 12.6. The first-order valence-electron chi connectivity index (χ1n) is 5.62. The Morgan fingerprint density at radius 1 is 1.35 bits per heavy atom. The predicted molar refractivity (Wildman–Crippen MR) is 72.2 cm³/mol. The van der Waals surface area contributed by atoms with Crippen LogP contribution >= 0.6 is 0 Å². The summed E-state index contributed by atoms with van der Waals surface area (Å²) < 4.78 is 30.3. The van der Waals surface area contributed by atoms with Crippen molar-refractivity contribution in [2.75, 3.05) is 11.8 Å². The van der Waals surface area contributed by atoms with E-state index < -0.39 is 27.2 Å². The molecule has 0 aliphatic carbocycles. The van der Waals surface area contributed by atoms with Gasteiger partial charge in [-0.15, -0.1) is 0 Å². The number of sulfonamides is 1. The van der Waals surface area contributed by atoms with E-state index in [-0.39, 0.29) is 11.3 Å². The first-order valence-corrected chi connectivity index (χ1v) is 7.17. The second kappa shape index (κ2) is 5.91. The minimum Gasteiger partial charge on any atom is -0.478 e. The van der Waals surface area contributed by atoms with E-state index in [0.29, 0.717) is 5.56 Å². The van der Waals surface area contributed by atoms with Crippen molar-refractivity contribution >= 4 is 27.6 Å². The first-order chi connectivity index (χ1) is 9.19. The highest BCUT2D eigenvalue weighted by Gasteiger charge is 2.29. The molecule has 0 heterocycles. The summed E-state index contributed by atoms with van der Waals surface area (Å²) in [4.78, 5) is 22.2. The zero-order chi connectivity index (χ0) is 15.5. The van der Waals surface area contributed by atoms with Crippen LogP contribution in [-0.2, 0) is 19.6 Å². The summed E-state index contributed by atoms with van der Waals surface area (Å²) >= 11 is 0. The number of methoxy groups -OCH3 is 1. The first kappa shape index (κ1) is 16.0. The van der Waals surface area contributed by atoms with Crippen LogP contribution < -0.4 is 4.72 Å². The SMILES string of the molecule is COC(=O)C(C)S(=O)(=O)Nc1ccc(C)c(C(=O)O)c1. The zero-order valence-electron chi connectivity index (χ0n) is 11.2. The highest BCUT2D eigenvalue weighted by Crippen LogP contribution is 2.18. The Labute approximate surface area is 116 Å². The molecule has 8 heteroatoms. The molecule has 0 bridgehead atoms. The van der Waals surface area contributed by atoms with Gasteiger partial charge in [-0.2, -0.15) is 0 Å². The summed E-state index contributed by atoms with van der Waals surface area (Å²) in [5.74, 6) is -2.06. The minimum atomic E-state index is -4.00. The maximum Gasteiger partial charge on any atom is 0.336 e. The van der Waals surface area contributed by atoms with Crippen LogP contribution in [-0.4, -0.2) is 37.8 Å². The molecule has 0 saturated carbocycles. The Morgan fingerprint density at radius 3 is 2.45 bits per heavy atom. The quantitative estimate of drug-likeness (QED) is 0.785. The molecular formula is C12H15NO6S. The van der Waals surface area contributed by atoms with Gasteiger partial charge in [0, 0.05) is 5.69 Å². The van der Waals surface area contributed by atoms with Gasteiger partial charge in [0.2, 0.25) is 10.0 Å². The molecule has 0 amide bonds. The maximum atomic E-state index is 11.9. The molecule has 1 rings (SSSR count). The number of aryl methyl sites for hydroxylation is 1. The third kappa shape index (κ3) is 3.47. The molecule has 0 fully saturated rings. The fourth-order valence-corrected chi connectivity index (χ4v) is 2.44. The number of hydrogen-bond acceptors (Lipinski definition) is 5. The second-order valence-corrected chi connectivity index (χ2v) is 6.15. The van der Waals surface area contributed by atoms with E-state index in [4.69, 9.17) is 5.11 Å². The topological polar surface area (TPSA) is 110 Å². The lowest BCUT2D eigenvalue weighted by atomic mass is 10.1. The summed E-state index contributed by atoms with van der Waals surface area (Å²) in [6, 6.07) is 4.09. The number of nitrogens with one attached hydrogen (secondary N) is 1. The Bertz CT molecular complexity index is 637. The van der Waals surface area contributed by atoms with E-state index in [1.54, 1.807) is 6.92 Å². The molecule has 7 nitrogen and oxygen atoms in total. The van der Waals surface area contributed by atoms with Gasteiger partial charge in [-0.05, 0) is 31.5 Å². The van der Waals surface area contributed by atoms with E-state index in [9.17, 15) is 18.0 Å². The van der Waals surface area contributed by atoms with E-state index in [1.807, 2.05) is 0 Å². The third-order valence-electron chi connectivity index (χ3n) is 2.73. The number of carboxylic acid groups (broad SMARTS) is 1. The average Bonchev–Trinajstić information content (AvgIpc) is 2.38. The molecule has 110 valence electrons. The number of carboxylic acids is 1. The fourth-order valence-electron chi connectivity index (χ4n) is 1.46. The maximum absolute atomic E-state index is 11.9. The number of rotatable bonds is 5.